The van der Waals surface area contributed by atoms with Crippen molar-refractivity contribution >= 4 is 56.6 Å². The van der Waals surface area contributed by atoms with Crippen molar-refractivity contribution in [3.05, 3.63) is 134 Å². The summed E-state index contributed by atoms with van der Waals surface area (Å²) in [5.74, 6) is 1.06. The summed E-state index contributed by atoms with van der Waals surface area (Å²) in [5, 5.41) is 10.6. The van der Waals surface area contributed by atoms with Crippen molar-refractivity contribution in [3.63, 3.8) is 0 Å². The van der Waals surface area contributed by atoms with Crippen LogP contribution in [0.2, 0.25) is 15.1 Å². The van der Waals surface area contributed by atoms with Crippen LogP contribution in [0.4, 0.5) is 0 Å². The van der Waals surface area contributed by atoms with Gasteiger partial charge in [0.15, 0.2) is 11.0 Å². The molecule has 6 nitrogen and oxygen atoms in total. The maximum Gasteiger partial charge on any atom is 0.242 e. The molecule has 5 aromatic rings. The van der Waals surface area contributed by atoms with Gasteiger partial charge in [-0.2, -0.15) is 0 Å². The Labute approximate surface area is 265 Å². The Kier molecular flexibility index (Phi) is 9.62. The Bertz CT molecular complexity index is 1830. The smallest absolute Gasteiger partial charge is 0.242 e. The molecule has 1 unspecified atom stereocenters. The van der Waals surface area contributed by atoms with E-state index >= 15 is 0 Å². The van der Waals surface area contributed by atoms with Gasteiger partial charge in [0.05, 0.1) is 16.8 Å². The number of rotatable bonds is 10. The molecule has 0 bridgehead atoms. The predicted molar refractivity (Wildman–Crippen MR) is 172 cm³/mol. The highest BCUT2D eigenvalue weighted by molar-refractivity contribution is 7.98. The molecule has 0 fully saturated rings. The third-order valence-corrected chi connectivity index (χ3v) is 10.0. The molecule has 1 atom stereocenters. The monoisotopic (exact) mass is 656 g/mol. The van der Waals surface area contributed by atoms with Gasteiger partial charge in [-0.25, -0.2) is 13.1 Å². The highest BCUT2D eigenvalue weighted by atomic mass is 35.5. The van der Waals surface area contributed by atoms with E-state index in [9.17, 15) is 8.42 Å². The highest BCUT2D eigenvalue weighted by Crippen LogP contribution is 2.33. The summed E-state index contributed by atoms with van der Waals surface area (Å²) in [5.41, 5.74) is 4.90. The summed E-state index contributed by atoms with van der Waals surface area (Å²) in [6, 6.07) is 26.9. The lowest BCUT2D eigenvalue weighted by atomic mass is 10.1. The van der Waals surface area contributed by atoms with E-state index in [1.165, 1.54) is 23.9 Å². The first-order valence-corrected chi connectivity index (χ1v) is 16.6. The average molecular weight is 658 g/mol. The number of hydrogen-bond acceptors (Lipinski definition) is 5. The minimum Gasteiger partial charge on any atom is -0.272 e. The number of aromatic nitrogens is 3. The summed E-state index contributed by atoms with van der Waals surface area (Å²) in [6.45, 7) is 4.02. The number of nitrogens with zero attached hydrogens (tertiary/aromatic N) is 3. The lowest BCUT2D eigenvalue weighted by molar-refractivity contribution is 0.537. The second-order valence-corrected chi connectivity index (χ2v) is 13.7. The zero-order chi connectivity index (χ0) is 29.9. The van der Waals surface area contributed by atoms with Gasteiger partial charge in [0.1, 0.15) is 4.90 Å². The van der Waals surface area contributed by atoms with Gasteiger partial charge in [-0.1, -0.05) is 113 Å². The van der Waals surface area contributed by atoms with Crippen LogP contribution in [0.15, 0.2) is 101 Å². The van der Waals surface area contributed by atoms with E-state index in [2.05, 4.69) is 40.0 Å². The first-order valence-electron chi connectivity index (χ1n) is 13.0. The Morgan fingerprint density at radius 3 is 2.31 bits per heavy atom. The van der Waals surface area contributed by atoms with E-state index in [0.717, 1.165) is 27.9 Å². The first-order chi connectivity index (χ1) is 20.1. The summed E-state index contributed by atoms with van der Waals surface area (Å²) in [6.07, 6.45) is 0.304. The van der Waals surface area contributed by atoms with Crippen LogP contribution in [0.3, 0.4) is 0 Å². The van der Waals surface area contributed by atoms with Crippen LogP contribution >= 0.6 is 46.6 Å². The summed E-state index contributed by atoms with van der Waals surface area (Å²) >= 11 is 20.4. The zero-order valence-corrected chi connectivity index (χ0v) is 26.7. The lowest BCUT2D eigenvalue weighted by Gasteiger charge is -2.21. The fraction of sp³-hybridized carbons (Fsp3) is 0.161. The van der Waals surface area contributed by atoms with Crippen molar-refractivity contribution in [2.75, 3.05) is 0 Å². The number of nitrogens with one attached hydrogen (secondary N) is 1. The fourth-order valence-electron chi connectivity index (χ4n) is 4.57. The van der Waals surface area contributed by atoms with Gasteiger partial charge < -0.3 is 0 Å². The Hall–Kier alpha value is -2.85. The van der Waals surface area contributed by atoms with E-state index in [4.69, 9.17) is 34.8 Å². The van der Waals surface area contributed by atoms with Crippen LogP contribution in [0.5, 0.6) is 0 Å². The number of thioether (sulfide) groups is 1. The molecule has 0 spiro atoms. The summed E-state index contributed by atoms with van der Waals surface area (Å²) in [7, 11) is -4.13. The van der Waals surface area contributed by atoms with Crippen molar-refractivity contribution in [3.8, 4) is 5.69 Å². The number of sulfonamides is 1. The molecule has 11 heteroatoms. The molecule has 0 radical (unpaired) electrons. The average Bonchev–Trinajstić information content (AvgIpc) is 3.38. The normalized spacial score (nSPS) is 12.4. The highest BCUT2D eigenvalue weighted by Gasteiger charge is 2.30. The molecular weight excluding hydrogens is 631 g/mol. The number of halogens is 3. The SMILES string of the molecule is Cc1cccc(CSc2nnc(C(Cc3ccccc3)NS(=O)(=O)c3cc(Cl)ccc3Cl)n2-c2cc(Cl)ccc2C)c1. The van der Waals surface area contributed by atoms with E-state index in [0.29, 0.717) is 28.2 Å². The van der Waals surface area contributed by atoms with Gasteiger partial charge in [0.25, 0.3) is 0 Å². The number of aryl methyl sites for hydroxylation is 2. The van der Waals surface area contributed by atoms with E-state index < -0.39 is 16.1 Å². The molecule has 42 heavy (non-hydrogen) atoms. The molecule has 0 aliphatic rings. The van der Waals surface area contributed by atoms with Crippen LogP contribution in [0.1, 0.15) is 34.1 Å². The molecule has 1 N–H and O–H groups in total. The van der Waals surface area contributed by atoms with Gasteiger partial charge in [0, 0.05) is 15.8 Å². The van der Waals surface area contributed by atoms with Crippen molar-refractivity contribution in [1.29, 1.82) is 0 Å². The van der Waals surface area contributed by atoms with Gasteiger partial charge in [-0.15, -0.1) is 10.2 Å². The largest absolute Gasteiger partial charge is 0.272 e. The van der Waals surface area contributed by atoms with Gasteiger partial charge in [-0.05, 0) is 67.3 Å². The quantitative estimate of drug-likeness (QED) is 0.153. The van der Waals surface area contributed by atoms with Gasteiger partial charge in [0.2, 0.25) is 10.0 Å². The van der Waals surface area contributed by atoms with Crippen LogP contribution in [-0.4, -0.2) is 23.2 Å². The first kappa shape index (κ1) is 30.6. The molecule has 0 saturated heterocycles. The standard InChI is InChI=1S/C31H27Cl3N4O2S2/c1-20-7-6-10-23(15-20)19-41-31-36-35-30(38(31)28-17-24(32)12-11-21(28)2)27(16-22-8-4-3-5-9-22)37-42(39,40)29-18-25(33)13-14-26(29)34/h3-15,17-18,27,37H,16,19H2,1-2H3. The van der Waals surface area contributed by atoms with Crippen molar-refractivity contribution < 1.29 is 8.42 Å². The molecule has 1 aromatic heterocycles. The minimum atomic E-state index is -4.13. The third-order valence-electron chi connectivity index (χ3n) is 6.60. The Balaban J connectivity index is 1.63. The van der Waals surface area contributed by atoms with Gasteiger partial charge in [-0.3, -0.25) is 4.57 Å². The Morgan fingerprint density at radius 2 is 1.55 bits per heavy atom. The molecule has 4 aromatic carbocycles. The number of hydrogen-bond donors (Lipinski definition) is 1. The van der Waals surface area contributed by atoms with Crippen molar-refractivity contribution in [1.82, 2.24) is 19.5 Å². The maximum absolute atomic E-state index is 13.8. The summed E-state index contributed by atoms with van der Waals surface area (Å²) in [4.78, 5) is -0.117. The van der Waals surface area contributed by atoms with Crippen molar-refractivity contribution in [2.45, 2.75) is 42.1 Å². The van der Waals surface area contributed by atoms with E-state index in [1.807, 2.05) is 66.1 Å². The minimum absolute atomic E-state index is 0.0620. The van der Waals surface area contributed by atoms with Crippen LogP contribution in [-0.2, 0) is 22.2 Å². The summed E-state index contributed by atoms with van der Waals surface area (Å²) < 4.78 is 32.3. The third kappa shape index (κ3) is 7.19. The molecule has 1 heterocycles. The van der Waals surface area contributed by atoms with E-state index in [1.54, 1.807) is 6.07 Å². The molecule has 0 aliphatic heterocycles. The second kappa shape index (κ2) is 13.2. The lowest BCUT2D eigenvalue weighted by Crippen LogP contribution is -2.32. The fourth-order valence-corrected chi connectivity index (χ4v) is 7.59. The van der Waals surface area contributed by atoms with Gasteiger partial charge >= 0.3 is 0 Å². The van der Waals surface area contributed by atoms with Crippen LogP contribution in [0.25, 0.3) is 5.69 Å². The Morgan fingerprint density at radius 1 is 0.833 bits per heavy atom. The molecule has 0 saturated carbocycles. The molecule has 0 aliphatic carbocycles. The van der Waals surface area contributed by atoms with Crippen molar-refractivity contribution in [2.24, 2.45) is 0 Å². The molecule has 0 amide bonds. The molecular formula is C31H27Cl3N4O2S2. The molecule has 5 rings (SSSR count). The second-order valence-electron chi connectivity index (χ2n) is 9.82. The zero-order valence-electron chi connectivity index (χ0n) is 22.8. The maximum atomic E-state index is 13.8. The topological polar surface area (TPSA) is 76.9 Å². The molecule has 216 valence electrons. The van der Waals surface area contributed by atoms with E-state index in [-0.39, 0.29) is 14.9 Å². The number of benzene rings is 4. The van der Waals surface area contributed by atoms with Crippen LogP contribution < -0.4 is 4.72 Å². The van der Waals surface area contributed by atoms with Crippen LogP contribution in [0, 0.1) is 13.8 Å². The predicted octanol–water partition coefficient (Wildman–Crippen LogP) is 8.40.